The Balaban J connectivity index is 1.48. The number of rotatable bonds is 4. The van der Waals surface area contributed by atoms with Crippen molar-refractivity contribution in [3.05, 3.63) is 58.6 Å². The fraction of sp³-hybridized carbons (Fsp3) is 0.318. The Morgan fingerprint density at radius 2 is 1.84 bits per heavy atom. The van der Waals surface area contributed by atoms with Crippen molar-refractivity contribution in [3.8, 4) is 0 Å². The summed E-state index contributed by atoms with van der Waals surface area (Å²) in [5.41, 5.74) is 3.50. The van der Waals surface area contributed by atoms with Gasteiger partial charge in [-0.2, -0.15) is 0 Å². The molecule has 4 unspecified atom stereocenters. The summed E-state index contributed by atoms with van der Waals surface area (Å²) in [6.45, 7) is 3.95. The van der Waals surface area contributed by atoms with Crippen LogP contribution in [0.15, 0.2) is 42.5 Å². The zero-order chi connectivity index (χ0) is 22.1. The molecule has 2 aliphatic rings. The molecule has 31 heavy (non-hydrogen) atoms. The number of halogens is 1. The summed E-state index contributed by atoms with van der Waals surface area (Å²) < 4.78 is 0. The fourth-order valence-corrected chi connectivity index (χ4v) is 4.14. The monoisotopic (exact) mass is 441 g/mol. The lowest BCUT2D eigenvalue weighted by atomic mass is 9.81. The topological polar surface area (TPSA) is 111 Å². The third kappa shape index (κ3) is 4.65. The molecule has 162 valence electrons. The molecular weight excluding hydrogens is 418 g/mol. The molecule has 0 aromatic heterocycles. The standard InChI is InChI=1S/C22H24ClN5O3/c1-11-6-7-15(8-12(11)2)24-20(30)16-10-17(29)26-19-18(16)21(31)28-22(27-19)25-14-5-3-4-13(23)9-14/h3-9,16,18-19,22,25,27H,10H2,1-2H3,(H,24,30)(H,26,29)(H,28,31). The Hall–Kier alpha value is -3.10. The smallest absolute Gasteiger partial charge is 0.229 e. The van der Waals surface area contributed by atoms with Gasteiger partial charge in [0.15, 0.2) is 6.29 Å². The number of piperidine rings is 1. The van der Waals surface area contributed by atoms with Crippen LogP contribution in [0, 0.1) is 25.7 Å². The first-order valence-corrected chi connectivity index (χ1v) is 10.4. The van der Waals surface area contributed by atoms with Gasteiger partial charge in [0.25, 0.3) is 0 Å². The lowest BCUT2D eigenvalue weighted by Gasteiger charge is -2.43. The Morgan fingerprint density at radius 3 is 2.58 bits per heavy atom. The average Bonchev–Trinajstić information content (AvgIpc) is 2.70. The molecule has 4 rings (SSSR count). The van der Waals surface area contributed by atoms with E-state index in [-0.39, 0.29) is 24.1 Å². The highest BCUT2D eigenvalue weighted by molar-refractivity contribution is 6.30. The molecule has 0 spiro atoms. The first kappa shape index (κ1) is 21.1. The largest absolute Gasteiger partial charge is 0.353 e. The second-order valence-corrected chi connectivity index (χ2v) is 8.37. The van der Waals surface area contributed by atoms with Crippen LogP contribution in [0.4, 0.5) is 11.4 Å². The maximum absolute atomic E-state index is 13.0. The number of nitrogens with one attached hydrogen (secondary N) is 5. The van der Waals surface area contributed by atoms with Gasteiger partial charge in [0, 0.05) is 22.8 Å². The van der Waals surface area contributed by atoms with Crippen LogP contribution in [0.5, 0.6) is 0 Å². The summed E-state index contributed by atoms with van der Waals surface area (Å²) in [4.78, 5) is 38.2. The number of aryl methyl sites for hydroxylation is 2. The van der Waals surface area contributed by atoms with Crippen LogP contribution < -0.4 is 26.6 Å². The van der Waals surface area contributed by atoms with Gasteiger partial charge in [-0.15, -0.1) is 0 Å². The highest BCUT2D eigenvalue weighted by atomic mass is 35.5. The second kappa shape index (κ2) is 8.56. The van der Waals surface area contributed by atoms with Gasteiger partial charge in [-0.05, 0) is 55.3 Å². The molecular formula is C22H24ClN5O3. The molecule has 8 nitrogen and oxygen atoms in total. The van der Waals surface area contributed by atoms with Crippen LogP contribution in [0.1, 0.15) is 17.5 Å². The highest BCUT2D eigenvalue weighted by Crippen LogP contribution is 2.28. The number of anilines is 2. The summed E-state index contributed by atoms with van der Waals surface area (Å²) in [7, 11) is 0. The van der Waals surface area contributed by atoms with E-state index in [1.807, 2.05) is 38.1 Å². The van der Waals surface area contributed by atoms with Crippen LogP contribution in [0.25, 0.3) is 0 Å². The van der Waals surface area contributed by atoms with Gasteiger partial charge in [0.1, 0.15) is 0 Å². The lowest BCUT2D eigenvalue weighted by molar-refractivity contribution is -0.144. The van der Waals surface area contributed by atoms with Crippen LogP contribution in [0.2, 0.25) is 5.02 Å². The molecule has 0 radical (unpaired) electrons. The van der Waals surface area contributed by atoms with E-state index in [1.54, 1.807) is 18.2 Å². The van der Waals surface area contributed by atoms with E-state index < -0.39 is 24.3 Å². The van der Waals surface area contributed by atoms with Crippen LogP contribution >= 0.6 is 11.6 Å². The predicted octanol–water partition coefficient (Wildman–Crippen LogP) is 2.09. The molecule has 0 saturated carbocycles. The molecule has 2 saturated heterocycles. The SMILES string of the molecule is Cc1ccc(NC(=O)C2CC(=O)NC3NC(Nc4cccc(Cl)c4)NC(=O)C32)cc1C. The summed E-state index contributed by atoms with van der Waals surface area (Å²) in [5, 5.41) is 15.3. The summed E-state index contributed by atoms with van der Waals surface area (Å²) in [5.74, 6) is -2.48. The lowest BCUT2D eigenvalue weighted by Crippen LogP contribution is -2.72. The average molecular weight is 442 g/mol. The van der Waals surface area contributed by atoms with Gasteiger partial charge in [0.2, 0.25) is 17.7 Å². The van der Waals surface area contributed by atoms with Crippen LogP contribution in [-0.4, -0.2) is 30.2 Å². The van der Waals surface area contributed by atoms with E-state index in [4.69, 9.17) is 11.6 Å². The van der Waals surface area contributed by atoms with E-state index in [9.17, 15) is 14.4 Å². The van der Waals surface area contributed by atoms with Crippen LogP contribution in [0.3, 0.4) is 0 Å². The quantitative estimate of drug-likeness (QED) is 0.499. The van der Waals surface area contributed by atoms with E-state index >= 15 is 0 Å². The molecule has 9 heteroatoms. The molecule has 5 N–H and O–H groups in total. The summed E-state index contributed by atoms with van der Waals surface area (Å²) >= 11 is 6.01. The van der Waals surface area contributed by atoms with E-state index in [1.165, 1.54) is 0 Å². The Bertz CT molecular complexity index is 1040. The van der Waals surface area contributed by atoms with Gasteiger partial charge >= 0.3 is 0 Å². The number of carbonyl (C=O) groups is 3. The number of hydrogen-bond donors (Lipinski definition) is 5. The van der Waals surface area contributed by atoms with Crippen molar-refractivity contribution < 1.29 is 14.4 Å². The minimum absolute atomic E-state index is 0.0562. The number of benzene rings is 2. The van der Waals surface area contributed by atoms with Crippen molar-refractivity contribution in [2.75, 3.05) is 10.6 Å². The first-order chi connectivity index (χ1) is 14.8. The number of amides is 3. The summed E-state index contributed by atoms with van der Waals surface area (Å²) in [6, 6.07) is 12.7. The van der Waals surface area contributed by atoms with Crippen molar-refractivity contribution in [1.29, 1.82) is 0 Å². The minimum atomic E-state index is -0.792. The molecule has 2 aromatic rings. The molecule has 0 bridgehead atoms. The molecule has 2 aliphatic heterocycles. The Labute approximate surface area is 185 Å². The third-order valence-electron chi connectivity index (χ3n) is 5.70. The van der Waals surface area contributed by atoms with E-state index in [0.29, 0.717) is 16.4 Å². The van der Waals surface area contributed by atoms with Crippen molar-refractivity contribution >= 4 is 40.7 Å². The van der Waals surface area contributed by atoms with Gasteiger partial charge in [-0.1, -0.05) is 23.7 Å². The molecule has 2 fully saturated rings. The molecule has 4 atom stereocenters. The molecule has 0 aliphatic carbocycles. The highest BCUT2D eigenvalue weighted by Gasteiger charge is 2.48. The fourth-order valence-electron chi connectivity index (χ4n) is 3.95. The van der Waals surface area contributed by atoms with Gasteiger partial charge in [-0.25, -0.2) is 0 Å². The van der Waals surface area contributed by atoms with E-state index in [0.717, 1.165) is 11.1 Å². The summed E-state index contributed by atoms with van der Waals surface area (Å²) in [6.07, 6.45) is -1.37. The number of fused-ring (bicyclic) bond motifs is 1. The first-order valence-electron chi connectivity index (χ1n) is 10.1. The molecule has 2 heterocycles. The van der Waals surface area contributed by atoms with Crippen molar-refractivity contribution in [1.82, 2.24) is 16.0 Å². The second-order valence-electron chi connectivity index (χ2n) is 7.93. The predicted molar refractivity (Wildman–Crippen MR) is 118 cm³/mol. The minimum Gasteiger partial charge on any atom is -0.353 e. The van der Waals surface area contributed by atoms with Gasteiger partial charge in [0.05, 0.1) is 18.0 Å². The van der Waals surface area contributed by atoms with Crippen molar-refractivity contribution in [2.24, 2.45) is 11.8 Å². The van der Waals surface area contributed by atoms with Crippen molar-refractivity contribution in [2.45, 2.75) is 32.7 Å². The van der Waals surface area contributed by atoms with Crippen LogP contribution in [-0.2, 0) is 14.4 Å². The number of carbonyl (C=O) groups excluding carboxylic acids is 3. The zero-order valence-corrected chi connectivity index (χ0v) is 17.9. The van der Waals surface area contributed by atoms with Gasteiger partial charge in [-0.3, -0.25) is 19.7 Å². The zero-order valence-electron chi connectivity index (χ0n) is 17.2. The maximum Gasteiger partial charge on any atom is 0.229 e. The van der Waals surface area contributed by atoms with E-state index in [2.05, 4.69) is 26.6 Å². The molecule has 2 aromatic carbocycles. The Morgan fingerprint density at radius 1 is 1.03 bits per heavy atom. The van der Waals surface area contributed by atoms with Gasteiger partial charge < -0.3 is 21.3 Å². The van der Waals surface area contributed by atoms with Crippen molar-refractivity contribution in [3.63, 3.8) is 0 Å². The molecule has 3 amide bonds. The normalized spacial score (nSPS) is 25.1. The number of hydrogen-bond acceptors (Lipinski definition) is 5. The Kier molecular flexibility index (Phi) is 5.84. The maximum atomic E-state index is 13.0. The third-order valence-corrected chi connectivity index (χ3v) is 5.93.